The minimum Gasteiger partial charge on any atom is -0.331 e. The quantitative estimate of drug-likeness (QED) is 0.690. The SMILES string of the molecule is Cn1c(CC(=O)c2cccc(F)c2Cl)nc2ccccc21. The number of carbonyl (C=O) groups excluding carboxylic acids is 1. The number of ketones is 1. The maximum Gasteiger partial charge on any atom is 0.171 e. The van der Waals surface area contributed by atoms with Gasteiger partial charge in [0, 0.05) is 12.6 Å². The molecule has 0 aliphatic heterocycles. The first-order valence-corrected chi connectivity index (χ1v) is 6.83. The first-order chi connectivity index (χ1) is 10.1. The van der Waals surface area contributed by atoms with Crippen molar-refractivity contribution < 1.29 is 9.18 Å². The van der Waals surface area contributed by atoms with Gasteiger partial charge in [0.15, 0.2) is 5.78 Å². The minimum absolute atomic E-state index is 0.0777. The molecule has 1 aromatic heterocycles. The van der Waals surface area contributed by atoms with Gasteiger partial charge in [0.1, 0.15) is 11.6 Å². The molecule has 0 bridgehead atoms. The Labute approximate surface area is 126 Å². The number of Topliss-reactive ketones (excluding diaryl/α,β-unsaturated/α-hetero) is 1. The lowest BCUT2D eigenvalue weighted by atomic mass is 10.1. The maximum absolute atomic E-state index is 13.4. The van der Waals surface area contributed by atoms with Gasteiger partial charge in [-0.3, -0.25) is 4.79 Å². The molecule has 0 saturated heterocycles. The van der Waals surface area contributed by atoms with Crippen LogP contribution in [-0.4, -0.2) is 15.3 Å². The van der Waals surface area contributed by atoms with Crippen LogP contribution in [0.4, 0.5) is 4.39 Å². The normalized spacial score (nSPS) is 11.0. The summed E-state index contributed by atoms with van der Waals surface area (Å²) in [6.07, 6.45) is 0.0777. The smallest absolute Gasteiger partial charge is 0.171 e. The number of carbonyl (C=O) groups is 1. The summed E-state index contributed by atoms with van der Waals surface area (Å²) in [6, 6.07) is 11.9. The number of fused-ring (bicyclic) bond motifs is 1. The number of rotatable bonds is 3. The number of hydrogen-bond acceptors (Lipinski definition) is 2. The number of aryl methyl sites for hydroxylation is 1. The molecule has 0 unspecified atom stereocenters. The molecule has 0 radical (unpaired) electrons. The van der Waals surface area contributed by atoms with E-state index in [4.69, 9.17) is 11.6 Å². The number of para-hydroxylation sites is 2. The highest BCUT2D eigenvalue weighted by molar-refractivity contribution is 6.34. The van der Waals surface area contributed by atoms with E-state index in [0.29, 0.717) is 5.82 Å². The molecular weight excluding hydrogens is 291 g/mol. The number of imidazole rings is 1. The van der Waals surface area contributed by atoms with E-state index >= 15 is 0 Å². The maximum atomic E-state index is 13.4. The van der Waals surface area contributed by atoms with Crippen molar-refractivity contribution in [3.63, 3.8) is 0 Å². The molecule has 0 atom stereocenters. The Balaban J connectivity index is 1.97. The van der Waals surface area contributed by atoms with Gasteiger partial charge >= 0.3 is 0 Å². The van der Waals surface area contributed by atoms with Crippen molar-refractivity contribution in [1.82, 2.24) is 9.55 Å². The lowest BCUT2D eigenvalue weighted by molar-refractivity contribution is 0.0990. The van der Waals surface area contributed by atoms with Crippen LogP contribution in [0.5, 0.6) is 0 Å². The van der Waals surface area contributed by atoms with Gasteiger partial charge < -0.3 is 4.57 Å². The molecule has 0 N–H and O–H groups in total. The molecule has 106 valence electrons. The van der Waals surface area contributed by atoms with Crippen LogP contribution in [0.25, 0.3) is 11.0 Å². The lowest BCUT2D eigenvalue weighted by Crippen LogP contribution is -2.09. The van der Waals surface area contributed by atoms with Gasteiger partial charge in [-0.05, 0) is 24.3 Å². The van der Waals surface area contributed by atoms with Crippen LogP contribution >= 0.6 is 11.6 Å². The highest BCUT2D eigenvalue weighted by Gasteiger charge is 2.17. The predicted molar refractivity (Wildman–Crippen MR) is 80.2 cm³/mol. The summed E-state index contributed by atoms with van der Waals surface area (Å²) in [4.78, 5) is 16.7. The van der Waals surface area contributed by atoms with Gasteiger partial charge in [-0.25, -0.2) is 9.37 Å². The van der Waals surface area contributed by atoms with Crippen molar-refractivity contribution in [2.75, 3.05) is 0 Å². The molecule has 21 heavy (non-hydrogen) atoms. The first kappa shape index (κ1) is 13.8. The third kappa shape index (κ3) is 2.43. The van der Waals surface area contributed by atoms with E-state index in [2.05, 4.69) is 4.98 Å². The Kier molecular flexibility index (Phi) is 3.47. The monoisotopic (exact) mass is 302 g/mol. The summed E-state index contributed by atoms with van der Waals surface area (Å²) in [5.74, 6) is -0.216. The highest BCUT2D eigenvalue weighted by atomic mass is 35.5. The van der Waals surface area contributed by atoms with Crippen molar-refractivity contribution in [3.8, 4) is 0 Å². The van der Waals surface area contributed by atoms with Crippen molar-refractivity contribution in [1.29, 1.82) is 0 Å². The van der Waals surface area contributed by atoms with E-state index < -0.39 is 5.82 Å². The molecule has 2 aromatic carbocycles. The minimum atomic E-state index is -0.590. The Morgan fingerprint density at radius 3 is 2.76 bits per heavy atom. The first-order valence-electron chi connectivity index (χ1n) is 6.45. The lowest BCUT2D eigenvalue weighted by Gasteiger charge is -2.05. The van der Waals surface area contributed by atoms with E-state index in [0.717, 1.165) is 11.0 Å². The molecule has 5 heteroatoms. The largest absolute Gasteiger partial charge is 0.331 e. The average Bonchev–Trinajstić information content (AvgIpc) is 2.79. The summed E-state index contributed by atoms with van der Waals surface area (Å²) in [7, 11) is 1.85. The zero-order valence-electron chi connectivity index (χ0n) is 11.3. The summed E-state index contributed by atoms with van der Waals surface area (Å²) in [6.45, 7) is 0. The Morgan fingerprint density at radius 1 is 1.24 bits per heavy atom. The third-order valence-corrected chi connectivity index (χ3v) is 3.83. The summed E-state index contributed by atoms with van der Waals surface area (Å²) >= 11 is 5.85. The van der Waals surface area contributed by atoms with Crippen LogP contribution in [-0.2, 0) is 13.5 Å². The fourth-order valence-electron chi connectivity index (χ4n) is 2.31. The van der Waals surface area contributed by atoms with Crippen molar-refractivity contribution in [2.24, 2.45) is 7.05 Å². The Bertz CT molecular complexity index is 841. The second-order valence-corrected chi connectivity index (χ2v) is 5.16. The number of benzene rings is 2. The second-order valence-electron chi connectivity index (χ2n) is 4.78. The van der Waals surface area contributed by atoms with Crippen LogP contribution in [0.3, 0.4) is 0 Å². The van der Waals surface area contributed by atoms with Crippen LogP contribution < -0.4 is 0 Å². The third-order valence-electron chi connectivity index (χ3n) is 3.45. The van der Waals surface area contributed by atoms with Crippen molar-refractivity contribution in [2.45, 2.75) is 6.42 Å². The summed E-state index contributed by atoms with van der Waals surface area (Å²) in [5.41, 5.74) is 1.96. The van der Waals surface area contributed by atoms with Crippen molar-refractivity contribution >= 4 is 28.4 Å². The number of halogens is 2. The molecule has 3 aromatic rings. The van der Waals surface area contributed by atoms with E-state index in [9.17, 15) is 9.18 Å². The Hall–Kier alpha value is -2.20. The van der Waals surface area contributed by atoms with Crippen LogP contribution in [0.2, 0.25) is 5.02 Å². The average molecular weight is 303 g/mol. The molecule has 3 nitrogen and oxygen atoms in total. The van der Waals surface area contributed by atoms with Gasteiger partial charge in [-0.15, -0.1) is 0 Å². The Morgan fingerprint density at radius 2 is 2.00 bits per heavy atom. The fraction of sp³-hybridized carbons (Fsp3) is 0.125. The zero-order chi connectivity index (χ0) is 15.0. The van der Waals surface area contributed by atoms with E-state index in [1.54, 1.807) is 0 Å². The second kappa shape index (κ2) is 5.30. The van der Waals surface area contributed by atoms with E-state index in [1.807, 2.05) is 35.9 Å². The molecule has 0 aliphatic rings. The fourth-order valence-corrected chi connectivity index (χ4v) is 2.54. The number of aromatic nitrogens is 2. The standard InChI is InChI=1S/C16H12ClFN2O/c1-20-13-8-3-2-7-12(13)19-15(20)9-14(21)10-5-4-6-11(18)16(10)17/h2-8H,9H2,1H3. The van der Waals surface area contributed by atoms with Gasteiger partial charge in [0.05, 0.1) is 22.5 Å². The van der Waals surface area contributed by atoms with Crippen LogP contribution in [0.15, 0.2) is 42.5 Å². The molecule has 0 spiro atoms. The van der Waals surface area contributed by atoms with Crippen LogP contribution in [0.1, 0.15) is 16.2 Å². The van der Waals surface area contributed by atoms with Gasteiger partial charge in [-0.1, -0.05) is 29.8 Å². The molecule has 3 rings (SSSR count). The van der Waals surface area contributed by atoms with Gasteiger partial charge in [0.25, 0.3) is 0 Å². The molecule has 1 heterocycles. The highest BCUT2D eigenvalue weighted by Crippen LogP contribution is 2.22. The molecule has 0 aliphatic carbocycles. The number of hydrogen-bond donors (Lipinski definition) is 0. The summed E-state index contributed by atoms with van der Waals surface area (Å²) in [5, 5.41) is -0.138. The topological polar surface area (TPSA) is 34.9 Å². The zero-order valence-corrected chi connectivity index (χ0v) is 12.1. The molecular formula is C16H12ClFN2O. The molecule has 0 saturated carbocycles. The molecule has 0 amide bonds. The predicted octanol–water partition coefficient (Wildman–Crippen LogP) is 3.79. The summed E-state index contributed by atoms with van der Waals surface area (Å²) < 4.78 is 15.3. The molecule has 0 fully saturated rings. The van der Waals surface area contributed by atoms with Crippen LogP contribution in [0, 0.1) is 5.82 Å². The van der Waals surface area contributed by atoms with Gasteiger partial charge in [0.2, 0.25) is 0 Å². The van der Waals surface area contributed by atoms with E-state index in [-0.39, 0.29) is 22.8 Å². The number of nitrogens with zero attached hydrogens (tertiary/aromatic N) is 2. The van der Waals surface area contributed by atoms with Gasteiger partial charge in [-0.2, -0.15) is 0 Å². The van der Waals surface area contributed by atoms with E-state index in [1.165, 1.54) is 18.2 Å². The van der Waals surface area contributed by atoms with Crippen molar-refractivity contribution in [3.05, 3.63) is 64.7 Å².